The molecule has 0 aliphatic rings. The van der Waals surface area contributed by atoms with Gasteiger partial charge < -0.3 is 5.73 Å². The highest BCUT2D eigenvalue weighted by molar-refractivity contribution is 9.10. The summed E-state index contributed by atoms with van der Waals surface area (Å²) in [7, 11) is 0. The minimum absolute atomic E-state index is 0.211. The Hall–Kier alpha value is -1.20. The van der Waals surface area contributed by atoms with Gasteiger partial charge in [-0.05, 0) is 53.9 Å². The first-order chi connectivity index (χ1) is 9.43. The van der Waals surface area contributed by atoms with E-state index in [1.54, 1.807) is 13.0 Å². The molecule has 0 bridgehead atoms. The number of aromatic nitrogens is 2. The van der Waals surface area contributed by atoms with Crippen LogP contribution in [0.15, 0.2) is 22.7 Å². The first kappa shape index (κ1) is 15.2. The molecule has 1 unspecified atom stereocenters. The normalized spacial score (nSPS) is 12.7. The van der Waals surface area contributed by atoms with Crippen LogP contribution in [0.3, 0.4) is 0 Å². The maximum absolute atomic E-state index is 13.6. The first-order valence-corrected chi connectivity index (χ1v) is 7.46. The van der Waals surface area contributed by atoms with Crippen LogP contribution in [0.25, 0.3) is 0 Å². The highest BCUT2D eigenvalue weighted by atomic mass is 79.9. The molecular weight excluding hydrogens is 321 g/mol. The number of hydrogen-bond acceptors (Lipinski definition) is 2. The van der Waals surface area contributed by atoms with Gasteiger partial charge >= 0.3 is 0 Å². The monoisotopic (exact) mass is 339 g/mol. The summed E-state index contributed by atoms with van der Waals surface area (Å²) in [5.74, 6) is -0.211. The Balaban J connectivity index is 2.27. The molecule has 0 aliphatic heterocycles. The second kappa shape index (κ2) is 6.06. The number of nitrogens with zero attached hydrogens (tertiary/aromatic N) is 2. The minimum Gasteiger partial charge on any atom is -0.324 e. The largest absolute Gasteiger partial charge is 0.324 e. The van der Waals surface area contributed by atoms with Gasteiger partial charge in [0, 0.05) is 19.0 Å². The molecule has 1 aromatic heterocycles. The minimum atomic E-state index is -0.247. The van der Waals surface area contributed by atoms with Gasteiger partial charge in [-0.1, -0.05) is 12.1 Å². The van der Waals surface area contributed by atoms with Gasteiger partial charge in [-0.2, -0.15) is 5.10 Å². The van der Waals surface area contributed by atoms with E-state index >= 15 is 0 Å². The van der Waals surface area contributed by atoms with Crippen molar-refractivity contribution >= 4 is 15.9 Å². The fourth-order valence-corrected chi connectivity index (χ4v) is 2.68. The quantitative estimate of drug-likeness (QED) is 0.923. The third kappa shape index (κ3) is 2.94. The predicted octanol–water partition coefficient (Wildman–Crippen LogP) is 3.66. The zero-order valence-corrected chi connectivity index (χ0v) is 13.5. The fraction of sp³-hybridized carbons (Fsp3) is 0.400. The maximum atomic E-state index is 13.6. The van der Waals surface area contributed by atoms with Crippen molar-refractivity contribution in [2.24, 2.45) is 5.73 Å². The maximum Gasteiger partial charge on any atom is 0.126 e. The van der Waals surface area contributed by atoms with E-state index in [0.29, 0.717) is 12.0 Å². The summed E-state index contributed by atoms with van der Waals surface area (Å²) in [6.07, 6.45) is 0.623. The topological polar surface area (TPSA) is 43.8 Å². The third-order valence-electron chi connectivity index (χ3n) is 3.49. The van der Waals surface area contributed by atoms with Crippen LogP contribution in [0.2, 0.25) is 0 Å². The molecule has 5 heteroatoms. The van der Waals surface area contributed by atoms with Gasteiger partial charge in [-0.3, -0.25) is 4.68 Å². The molecule has 0 spiro atoms. The molecule has 2 rings (SSSR count). The average Bonchev–Trinajstić information content (AvgIpc) is 2.69. The summed E-state index contributed by atoms with van der Waals surface area (Å²) in [5, 5.41) is 4.45. The van der Waals surface area contributed by atoms with Gasteiger partial charge in [0.1, 0.15) is 5.82 Å². The molecule has 0 radical (unpaired) electrons. The third-order valence-corrected chi connectivity index (χ3v) is 4.52. The molecule has 1 aromatic carbocycles. The van der Waals surface area contributed by atoms with E-state index in [0.717, 1.165) is 28.0 Å². The first-order valence-electron chi connectivity index (χ1n) is 6.67. The van der Waals surface area contributed by atoms with E-state index in [9.17, 15) is 4.39 Å². The van der Waals surface area contributed by atoms with Crippen molar-refractivity contribution in [3.8, 4) is 0 Å². The molecule has 20 heavy (non-hydrogen) atoms. The fourth-order valence-electron chi connectivity index (χ4n) is 2.23. The van der Waals surface area contributed by atoms with Crippen LogP contribution in [0, 0.1) is 19.7 Å². The number of aryl methyl sites for hydroxylation is 3. The SMILES string of the molecule is CCn1nc(C)c(Br)c1CC(N)c1ccc(C)c(F)c1. The van der Waals surface area contributed by atoms with E-state index in [1.807, 2.05) is 24.6 Å². The molecule has 0 saturated carbocycles. The second-order valence-electron chi connectivity index (χ2n) is 4.98. The Morgan fingerprint density at radius 3 is 2.70 bits per heavy atom. The lowest BCUT2D eigenvalue weighted by molar-refractivity contribution is 0.580. The Kier molecular flexibility index (Phi) is 4.60. The van der Waals surface area contributed by atoms with E-state index < -0.39 is 0 Å². The molecule has 1 atom stereocenters. The van der Waals surface area contributed by atoms with Crippen LogP contribution in [0.4, 0.5) is 4.39 Å². The molecule has 0 fully saturated rings. The lowest BCUT2D eigenvalue weighted by Gasteiger charge is -2.14. The van der Waals surface area contributed by atoms with Crippen molar-refractivity contribution in [1.29, 1.82) is 0 Å². The van der Waals surface area contributed by atoms with E-state index in [2.05, 4.69) is 21.0 Å². The molecule has 0 aliphatic carbocycles. The van der Waals surface area contributed by atoms with E-state index in [4.69, 9.17) is 5.73 Å². The van der Waals surface area contributed by atoms with Crippen molar-refractivity contribution in [2.75, 3.05) is 0 Å². The van der Waals surface area contributed by atoms with Crippen molar-refractivity contribution in [3.05, 3.63) is 51.0 Å². The summed E-state index contributed by atoms with van der Waals surface area (Å²) in [4.78, 5) is 0. The second-order valence-corrected chi connectivity index (χ2v) is 5.77. The van der Waals surface area contributed by atoms with Crippen molar-refractivity contribution < 1.29 is 4.39 Å². The molecular formula is C15H19BrFN3. The van der Waals surface area contributed by atoms with Gasteiger partial charge in [0.25, 0.3) is 0 Å². The smallest absolute Gasteiger partial charge is 0.126 e. The Bertz CT molecular complexity index is 622. The molecule has 3 nitrogen and oxygen atoms in total. The molecule has 0 amide bonds. The van der Waals surface area contributed by atoms with Crippen molar-refractivity contribution in [2.45, 2.75) is 39.8 Å². The average molecular weight is 340 g/mol. The summed E-state index contributed by atoms with van der Waals surface area (Å²) in [5.41, 5.74) is 9.66. The number of hydrogen-bond donors (Lipinski definition) is 1. The Morgan fingerprint density at radius 1 is 1.40 bits per heavy atom. The summed E-state index contributed by atoms with van der Waals surface area (Å²) < 4.78 is 16.5. The van der Waals surface area contributed by atoms with Crippen LogP contribution in [0.5, 0.6) is 0 Å². The Morgan fingerprint density at radius 2 is 2.10 bits per heavy atom. The highest BCUT2D eigenvalue weighted by Gasteiger charge is 2.17. The van der Waals surface area contributed by atoms with E-state index in [1.165, 1.54) is 6.07 Å². The van der Waals surface area contributed by atoms with Crippen LogP contribution >= 0.6 is 15.9 Å². The van der Waals surface area contributed by atoms with Gasteiger partial charge in [0.2, 0.25) is 0 Å². The lowest BCUT2D eigenvalue weighted by Crippen LogP contribution is -2.16. The molecule has 1 heterocycles. The number of benzene rings is 1. The summed E-state index contributed by atoms with van der Waals surface area (Å²) >= 11 is 3.56. The van der Waals surface area contributed by atoms with Crippen LogP contribution < -0.4 is 5.73 Å². The lowest BCUT2D eigenvalue weighted by atomic mass is 10.0. The number of halogens is 2. The standard InChI is InChI=1S/C15H19BrFN3/c1-4-20-14(15(16)10(3)19-20)8-13(18)11-6-5-9(2)12(17)7-11/h5-7,13H,4,8,18H2,1-3H3. The number of nitrogens with two attached hydrogens (primary N) is 1. The van der Waals surface area contributed by atoms with Crippen LogP contribution in [-0.4, -0.2) is 9.78 Å². The predicted molar refractivity (Wildman–Crippen MR) is 82.1 cm³/mol. The Labute approximate surface area is 127 Å². The molecule has 108 valence electrons. The van der Waals surface area contributed by atoms with Gasteiger partial charge in [-0.15, -0.1) is 0 Å². The molecule has 0 saturated heterocycles. The summed E-state index contributed by atoms with van der Waals surface area (Å²) in [6, 6.07) is 4.93. The van der Waals surface area contributed by atoms with Crippen molar-refractivity contribution in [3.63, 3.8) is 0 Å². The van der Waals surface area contributed by atoms with Crippen molar-refractivity contribution in [1.82, 2.24) is 9.78 Å². The molecule has 2 aromatic rings. The highest BCUT2D eigenvalue weighted by Crippen LogP contribution is 2.26. The summed E-state index contributed by atoms with van der Waals surface area (Å²) in [6.45, 7) is 6.53. The van der Waals surface area contributed by atoms with Gasteiger partial charge in [-0.25, -0.2) is 4.39 Å². The van der Waals surface area contributed by atoms with Crippen LogP contribution in [-0.2, 0) is 13.0 Å². The van der Waals surface area contributed by atoms with Gasteiger partial charge in [0.05, 0.1) is 15.9 Å². The van der Waals surface area contributed by atoms with E-state index in [-0.39, 0.29) is 11.9 Å². The molecule has 2 N–H and O–H groups in total. The van der Waals surface area contributed by atoms with Crippen LogP contribution in [0.1, 0.15) is 35.5 Å². The number of rotatable bonds is 4. The zero-order valence-electron chi connectivity index (χ0n) is 12.0. The van der Waals surface area contributed by atoms with Gasteiger partial charge in [0.15, 0.2) is 0 Å². The zero-order chi connectivity index (χ0) is 14.9.